The number of rotatable bonds is 11. The van der Waals surface area contributed by atoms with E-state index in [1.807, 2.05) is 0 Å². The summed E-state index contributed by atoms with van der Waals surface area (Å²) in [4.78, 5) is 38.9. The van der Waals surface area contributed by atoms with Gasteiger partial charge in [-0.25, -0.2) is 4.79 Å². The van der Waals surface area contributed by atoms with Gasteiger partial charge in [-0.1, -0.05) is 54.5 Å². The summed E-state index contributed by atoms with van der Waals surface area (Å²) >= 11 is 3.42. The zero-order chi connectivity index (χ0) is 15.5. The van der Waals surface area contributed by atoms with Gasteiger partial charge in [0.2, 0.25) is 0 Å². The Morgan fingerprint density at radius 3 is 1.90 bits per heavy atom. The molecule has 0 unspecified atom stereocenters. The van der Waals surface area contributed by atoms with Crippen molar-refractivity contribution in [2.75, 3.05) is 5.33 Å². The molecule has 1 fully saturated rings. The molecule has 6 heteroatoms. The van der Waals surface area contributed by atoms with Gasteiger partial charge < -0.3 is 4.84 Å². The van der Waals surface area contributed by atoms with Gasteiger partial charge >= 0.3 is 5.97 Å². The highest BCUT2D eigenvalue weighted by Gasteiger charge is 2.32. The summed E-state index contributed by atoms with van der Waals surface area (Å²) in [5, 5.41) is 1.70. The molecule has 0 aromatic rings. The van der Waals surface area contributed by atoms with Gasteiger partial charge in [0.25, 0.3) is 11.8 Å². The van der Waals surface area contributed by atoms with E-state index in [-0.39, 0.29) is 19.3 Å². The molecule has 0 atom stereocenters. The average Bonchev–Trinajstić information content (AvgIpc) is 2.77. The van der Waals surface area contributed by atoms with Crippen LogP contribution in [0.1, 0.15) is 70.6 Å². The Labute approximate surface area is 134 Å². The second-order valence-electron chi connectivity index (χ2n) is 5.31. The summed E-state index contributed by atoms with van der Waals surface area (Å²) < 4.78 is 0. The Balaban J connectivity index is 1.96. The summed E-state index contributed by atoms with van der Waals surface area (Å²) in [6.07, 6.45) is 9.61. The van der Waals surface area contributed by atoms with Crippen molar-refractivity contribution in [2.24, 2.45) is 0 Å². The number of nitrogens with zero attached hydrogens (tertiary/aromatic N) is 1. The van der Waals surface area contributed by atoms with Gasteiger partial charge in [-0.05, 0) is 12.8 Å². The molecule has 0 bridgehead atoms. The molecular formula is C15H24BrNO4. The van der Waals surface area contributed by atoms with Crippen LogP contribution < -0.4 is 0 Å². The molecule has 21 heavy (non-hydrogen) atoms. The molecule has 0 saturated carbocycles. The Morgan fingerprint density at radius 2 is 1.38 bits per heavy atom. The third kappa shape index (κ3) is 7.60. The minimum absolute atomic E-state index is 0.140. The molecular weight excluding hydrogens is 338 g/mol. The van der Waals surface area contributed by atoms with Gasteiger partial charge in [0.1, 0.15) is 0 Å². The predicted molar refractivity (Wildman–Crippen MR) is 82.5 cm³/mol. The molecule has 0 N–H and O–H groups in total. The lowest BCUT2D eigenvalue weighted by atomic mass is 10.1. The number of alkyl halides is 1. The van der Waals surface area contributed by atoms with E-state index in [0.29, 0.717) is 5.06 Å². The summed E-state index contributed by atoms with van der Waals surface area (Å²) in [6.45, 7) is 0. The van der Waals surface area contributed by atoms with Gasteiger partial charge in [-0.2, -0.15) is 0 Å². The smallest absolute Gasteiger partial charge is 0.330 e. The van der Waals surface area contributed by atoms with Crippen LogP contribution in [-0.4, -0.2) is 28.2 Å². The highest BCUT2D eigenvalue weighted by Crippen LogP contribution is 2.14. The van der Waals surface area contributed by atoms with E-state index in [0.717, 1.165) is 24.6 Å². The molecule has 1 rings (SSSR count). The second kappa shape index (κ2) is 10.8. The Morgan fingerprint density at radius 1 is 0.905 bits per heavy atom. The number of halogens is 1. The van der Waals surface area contributed by atoms with Crippen molar-refractivity contribution in [3.63, 3.8) is 0 Å². The fraction of sp³-hybridized carbons (Fsp3) is 0.800. The topological polar surface area (TPSA) is 63.7 Å². The molecule has 120 valence electrons. The Bertz CT molecular complexity index is 344. The monoisotopic (exact) mass is 361 g/mol. The SMILES string of the molecule is O=C(CCCCCCCCCCBr)ON1C(=O)CCC1=O. The highest BCUT2D eigenvalue weighted by molar-refractivity contribution is 9.09. The summed E-state index contributed by atoms with van der Waals surface area (Å²) in [6, 6.07) is 0. The van der Waals surface area contributed by atoms with Crippen molar-refractivity contribution in [2.45, 2.75) is 70.6 Å². The van der Waals surface area contributed by atoms with Crippen molar-refractivity contribution < 1.29 is 19.2 Å². The van der Waals surface area contributed by atoms with E-state index < -0.39 is 17.8 Å². The summed E-state index contributed by atoms with van der Waals surface area (Å²) in [5.41, 5.74) is 0. The summed E-state index contributed by atoms with van der Waals surface area (Å²) in [5.74, 6) is -1.33. The Kier molecular flexibility index (Phi) is 9.30. The first-order chi connectivity index (χ1) is 10.1. The second-order valence-corrected chi connectivity index (χ2v) is 6.11. The highest BCUT2D eigenvalue weighted by atomic mass is 79.9. The summed E-state index contributed by atoms with van der Waals surface area (Å²) in [7, 11) is 0. The fourth-order valence-corrected chi connectivity index (χ4v) is 2.63. The quantitative estimate of drug-likeness (QED) is 0.321. The maximum atomic E-state index is 11.5. The number of imide groups is 1. The maximum Gasteiger partial charge on any atom is 0.333 e. The molecule has 1 aliphatic heterocycles. The lowest BCUT2D eigenvalue weighted by molar-refractivity contribution is -0.197. The number of carbonyl (C=O) groups is 3. The van der Waals surface area contributed by atoms with Gasteiger partial charge in [-0.3, -0.25) is 9.59 Å². The molecule has 1 heterocycles. The number of hydrogen-bond donors (Lipinski definition) is 0. The van der Waals surface area contributed by atoms with Gasteiger partial charge in [0, 0.05) is 24.6 Å². The molecule has 0 radical (unpaired) electrons. The fourth-order valence-electron chi connectivity index (χ4n) is 2.23. The van der Waals surface area contributed by atoms with E-state index in [1.165, 1.54) is 32.1 Å². The van der Waals surface area contributed by atoms with Crippen LogP contribution in [0.25, 0.3) is 0 Å². The van der Waals surface area contributed by atoms with Gasteiger partial charge in [0.15, 0.2) is 0 Å². The number of hydrogen-bond acceptors (Lipinski definition) is 4. The van der Waals surface area contributed by atoms with Crippen LogP contribution in [-0.2, 0) is 19.2 Å². The van der Waals surface area contributed by atoms with Crippen LogP contribution in [0.3, 0.4) is 0 Å². The largest absolute Gasteiger partial charge is 0.333 e. The van der Waals surface area contributed by atoms with Crippen LogP contribution >= 0.6 is 15.9 Å². The van der Waals surface area contributed by atoms with Crippen LogP contribution in [0.2, 0.25) is 0 Å². The first-order valence-corrected chi connectivity index (χ1v) is 8.90. The van der Waals surface area contributed by atoms with Crippen molar-refractivity contribution in [1.29, 1.82) is 0 Å². The third-order valence-electron chi connectivity index (χ3n) is 3.46. The lowest BCUT2D eigenvalue weighted by Gasteiger charge is -2.12. The first kappa shape index (κ1) is 18.1. The van der Waals surface area contributed by atoms with Crippen LogP contribution in [0.15, 0.2) is 0 Å². The number of carbonyl (C=O) groups excluding carboxylic acids is 3. The van der Waals surface area contributed by atoms with E-state index in [2.05, 4.69) is 15.9 Å². The first-order valence-electron chi connectivity index (χ1n) is 7.77. The molecule has 2 amide bonds. The number of hydroxylamine groups is 2. The number of unbranched alkanes of at least 4 members (excludes halogenated alkanes) is 7. The van der Waals surface area contributed by atoms with E-state index in [1.54, 1.807) is 0 Å². The zero-order valence-electron chi connectivity index (χ0n) is 12.4. The van der Waals surface area contributed by atoms with Crippen LogP contribution in [0.4, 0.5) is 0 Å². The molecule has 0 aromatic heterocycles. The molecule has 0 aromatic carbocycles. The van der Waals surface area contributed by atoms with Crippen molar-refractivity contribution in [3.05, 3.63) is 0 Å². The normalized spacial score (nSPS) is 14.8. The third-order valence-corrected chi connectivity index (χ3v) is 4.02. The lowest BCUT2D eigenvalue weighted by Crippen LogP contribution is -2.31. The molecule has 1 saturated heterocycles. The van der Waals surface area contributed by atoms with Gasteiger partial charge in [-0.15, -0.1) is 5.06 Å². The van der Waals surface area contributed by atoms with Crippen LogP contribution in [0.5, 0.6) is 0 Å². The van der Waals surface area contributed by atoms with E-state index in [4.69, 9.17) is 4.84 Å². The molecule has 1 aliphatic rings. The molecule has 0 spiro atoms. The maximum absolute atomic E-state index is 11.5. The Hall–Kier alpha value is -0.910. The minimum atomic E-state index is -0.490. The van der Waals surface area contributed by atoms with Gasteiger partial charge in [0.05, 0.1) is 0 Å². The van der Waals surface area contributed by atoms with Crippen LogP contribution in [0, 0.1) is 0 Å². The van der Waals surface area contributed by atoms with E-state index >= 15 is 0 Å². The predicted octanol–water partition coefficient (Wildman–Crippen LogP) is 3.50. The standard InChI is InChI=1S/C15H24BrNO4/c16-12-8-6-4-2-1-3-5-7-9-15(20)21-17-13(18)10-11-14(17)19/h1-12H2. The van der Waals surface area contributed by atoms with Crippen molar-refractivity contribution in [3.8, 4) is 0 Å². The molecule has 5 nitrogen and oxygen atoms in total. The number of amides is 2. The minimum Gasteiger partial charge on any atom is -0.330 e. The van der Waals surface area contributed by atoms with Crippen molar-refractivity contribution in [1.82, 2.24) is 5.06 Å². The average molecular weight is 362 g/mol. The van der Waals surface area contributed by atoms with Crippen molar-refractivity contribution >= 4 is 33.7 Å². The van der Waals surface area contributed by atoms with E-state index in [9.17, 15) is 14.4 Å². The molecule has 0 aliphatic carbocycles. The zero-order valence-corrected chi connectivity index (χ0v) is 14.0.